The van der Waals surface area contributed by atoms with Gasteiger partial charge in [-0.1, -0.05) is 41.0 Å². The molecular weight excluding hydrogens is 389 g/mol. The first-order valence-corrected chi connectivity index (χ1v) is 8.58. The van der Waals surface area contributed by atoms with Crippen molar-refractivity contribution in [1.29, 1.82) is 0 Å². The number of nitrogens with zero attached hydrogens (tertiary/aromatic N) is 4. The van der Waals surface area contributed by atoms with E-state index in [1.54, 1.807) is 18.2 Å². The Bertz CT molecular complexity index is 934. The highest BCUT2D eigenvalue weighted by molar-refractivity contribution is 7.99. The van der Waals surface area contributed by atoms with Crippen molar-refractivity contribution in [3.8, 4) is 0 Å². The molecule has 2 aromatic rings. The van der Waals surface area contributed by atoms with Crippen molar-refractivity contribution >= 4 is 47.1 Å². The van der Waals surface area contributed by atoms with Crippen molar-refractivity contribution in [3.05, 3.63) is 54.6 Å². The molecule has 8 nitrogen and oxygen atoms in total. The van der Waals surface area contributed by atoms with E-state index in [1.165, 1.54) is 20.3 Å². The van der Waals surface area contributed by atoms with Crippen LogP contribution in [0.15, 0.2) is 37.9 Å². The average molecular weight is 402 g/mol. The van der Waals surface area contributed by atoms with Crippen LogP contribution < -0.4 is 16.7 Å². The van der Waals surface area contributed by atoms with E-state index in [2.05, 4.69) is 15.6 Å². The normalized spacial score (nSPS) is 11.0. The number of carbonyl (C=O) groups excluding carboxylic acids is 1. The Balaban J connectivity index is 1.99. The van der Waals surface area contributed by atoms with Gasteiger partial charge in [0.25, 0.3) is 5.56 Å². The fourth-order valence-electron chi connectivity index (χ4n) is 1.73. The fourth-order valence-corrected chi connectivity index (χ4v) is 3.00. The number of rotatable bonds is 5. The van der Waals surface area contributed by atoms with Crippen LogP contribution in [0.4, 0.5) is 0 Å². The SMILES string of the molecule is Cn1nc(SCC(=O)N/N=C\c2c(Cl)cccc2Cl)c(=O)n(C)c1=O. The molecule has 0 saturated heterocycles. The Hall–Kier alpha value is -2.10. The molecule has 0 spiro atoms. The van der Waals surface area contributed by atoms with Crippen molar-refractivity contribution < 1.29 is 4.79 Å². The van der Waals surface area contributed by atoms with Crippen molar-refractivity contribution in [2.45, 2.75) is 5.03 Å². The lowest BCUT2D eigenvalue weighted by atomic mass is 10.2. The van der Waals surface area contributed by atoms with Crippen LogP contribution in [0.2, 0.25) is 10.0 Å². The summed E-state index contributed by atoms with van der Waals surface area (Å²) in [5, 5.41) is 8.46. The minimum Gasteiger partial charge on any atom is -0.272 e. The molecule has 0 aliphatic rings. The van der Waals surface area contributed by atoms with Crippen molar-refractivity contribution in [1.82, 2.24) is 19.8 Å². The third kappa shape index (κ3) is 4.71. The molecule has 0 radical (unpaired) electrons. The van der Waals surface area contributed by atoms with E-state index in [4.69, 9.17) is 23.2 Å². The van der Waals surface area contributed by atoms with Gasteiger partial charge in [0, 0.05) is 19.7 Å². The number of hydrogen-bond donors (Lipinski definition) is 1. The molecule has 1 amide bonds. The number of amides is 1. The molecule has 1 aromatic heterocycles. The van der Waals surface area contributed by atoms with E-state index in [-0.39, 0.29) is 10.8 Å². The van der Waals surface area contributed by atoms with Gasteiger partial charge in [-0.05, 0) is 12.1 Å². The number of benzene rings is 1. The van der Waals surface area contributed by atoms with Gasteiger partial charge in [-0.25, -0.2) is 14.9 Å². The smallest absolute Gasteiger partial charge is 0.272 e. The number of carbonyl (C=O) groups is 1. The summed E-state index contributed by atoms with van der Waals surface area (Å²) >= 11 is 12.9. The molecule has 25 heavy (non-hydrogen) atoms. The Morgan fingerprint density at radius 1 is 1.32 bits per heavy atom. The molecule has 0 fully saturated rings. The van der Waals surface area contributed by atoms with Crippen LogP contribution in [0.5, 0.6) is 0 Å². The molecule has 1 aromatic carbocycles. The van der Waals surface area contributed by atoms with Crippen molar-refractivity contribution in [2.24, 2.45) is 19.2 Å². The van der Waals surface area contributed by atoms with Crippen molar-refractivity contribution in [3.63, 3.8) is 0 Å². The summed E-state index contributed by atoms with van der Waals surface area (Å²) in [7, 11) is 2.76. The Labute approximate surface area is 156 Å². The highest BCUT2D eigenvalue weighted by Gasteiger charge is 2.11. The minimum absolute atomic E-state index is 0.0397. The van der Waals surface area contributed by atoms with Gasteiger partial charge in [-0.2, -0.15) is 10.2 Å². The van der Waals surface area contributed by atoms with Crippen LogP contribution in [0.1, 0.15) is 5.56 Å². The van der Waals surface area contributed by atoms with E-state index in [9.17, 15) is 14.4 Å². The zero-order valence-corrected chi connectivity index (χ0v) is 15.5. The summed E-state index contributed by atoms with van der Waals surface area (Å²) < 4.78 is 1.95. The molecule has 1 N–H and O–H groups in total. The van der Waals surface area contributed by atoms with Crippen LogP contribution in [0.3, 0.4) is 0 Å². The lowest BCUT2D eigenvalue weighted by molar-refractivity contribution is -0.118. The lowest BCUT2D eigenvalue weighted by Gasteiger charge is -2.04. The van der Waals surface area contributed by atoms with Crippen LogP contribution in [-0.2, 0) is 18.9 Å². The largest absolute Gasteiger partial charge is 0.346 e. The van der Waals surface area contributed by atoms with Crippen LogP contribution in [0, 0.1) is 0 Å². The predicted molar refractivity (Wildman–Crippen MR) is 97.6 cm³/mol. The maximum Gasteiger partial charge on any atom is 0.346 e. The second-order valence-corrected chi connectivity index (χ2v) is 6.57. The van der Waals surface area contributed by atoms with Gasteiger partial charge in [0.2, 0.25) is 5.91 Å². The van der Waals surface area contributed by atoms with Gasteiger partial charge in [0.1, 0.15) is 0 Å². The molecule has 0 atom stereocenters. The highest BCUT2D eigenvalue weighted by Crippen LogP contribution is 2.21. The quantitative estimate of drug-likeness (QED) is 0.458. The fraction of sp³-hybridized carbons (Fsp3) is 0.214. The summed E-state index contributed by atoms with van der Waals surface area (Å²) in [6, 6.07) is 4.99. The molecule has 1 heterocycles. The molecule has 0 aliphatic carbocycles. The van der Waals surface area contributed by atoms with Crippen molar-refractivity contribution in [2.75, 3.05) is 5.75 Å². The zero-order valence-electron chi connectivity index (χ0n) is 13.2. The number of aromatic nitrogens is 3. The molecule has 11 heteroatoms. The first kappa shape index (κ1) is 19.2. The van der Waals surface area contributed by atoms with Crippen LogP contribution in [-0.4, -0.2) is 32.2 Å². The van der Waals surface area contributed by atoms with E-state index in [1.807, 2.05) is 0 Å². The molecule has 0 bridgehead atoms. The van der Waals surface area contributed by atoms with Gasteiger partial charge in [0.15, 0.2) is 5.03 Å². The maximum absolute atomic E-state index is 11.9. The molecule has 0 aliphatic heterocycles. The third-order valence-corrected chi connectivity index (χ3v) is 4.61. The Morgan fingerprint density at radius 3 is 2.60 bits per heavy atom. The number of nitrogens with one attached hydrogen (secondary N) is 1. The molecular formula is C14H13Cl2N5O3S. The van der Waals surface area contributed by atoms with Gasteiger partial charge >= 0.3 is 5.69 Å². The lowest BCUT2D eigenvalue weighted by Crippen LogP contribution is -2.39. The second kappa shape index (κ2) is 8.32. The van der Waals surface area contributed by atoms with E-state index in [0.717, 1.165) is 21.0 Å². The zero-order chi connectivity index (χ0) is 18.6. The monoisotopic (exact) mass is 401 g/mol. The summed E-state index contributed by atoms with van der Waals surface area (Å²) in [6.45, 7) is 0. The summed E-state index contributed by atoms with van der Waals surface area (Å²) in [5.74, 6) is -0.559. The predicted octanol–water partition coefficient (Wildman–Crippen LogP) is 1.03. The standard InChI is InChI=1S/C14H13Cl2N5O3S/c1-20-13(23)12(19-21(2)14(20)24)25-7-11(22)18-17-6-8-9(15)4-3-5-10(8)16/h3-6H,7H2,1-2H3,(H,18,22)/b17-6-. The summed E-state index contributed by atoms with van der Waals surface area (Å²) in [6.07, 6.45) is 1.33. The number of thioether (sulfide) groups is 1. The number of hydrazone groups is 1. The van der Waals surface area contributed by atoms with Crippen LogP contribution in [0.25, 0.3) is 0 Å². The minimum atomic E-state index is -0.563. The Morgan fingerprint density at radius 2 is 1.96 bits per heavy atom. The van der Waals surface area contributed by atoms with E-state index < -0.39 is 17.2 Å². The summed E-state index contributed by atoms with van der Waals surface area (Å²) in [5.41, 5.74) is 1.68. The molecule has 132 valence electrons. The van der Waals surface area contributed by atoms with Gasteiger partial charge in [-0.15, -0.1) is 0 Å². The summed E-state index contributed by atoms with van der Waals surface area (Å²) in [4.78, 5) is 35.3. The maximum atomic E-state index is 11.9. The van der Waals surface area contributed by atoms with Gasteiger partial charge < -0.3 is 0 Å². The second-order valence-electron chi connectivity index (χ2n) is 4.79. The number of aryl methyl sites for hydroxylation is 1. The molecule has 0 unspecified atom stereocenters. The number of hydrogen-bond acceptors (Lipinski definition) is 6. The first-order chi connectivity index (χ1) is 11.8. The molecule has 2 rings (SSSR count). The van der Waals surface area contributed by atoms with Gasteiger partial charge in [-0.3, -0.25) is 14.2 Å². The molecule has 0 saturated carbocycles. The topological polar surface area (TPSA) is 98.3 Å². The van der Waals surface area contributed by atoms with E-state index >= 15 is 0 Å². The Kier molecular flexibility index (Phi) is 6.40. The average Bonchev–Trinajstić information content (AvgIpc) is 2.57. The highest BCUT2D eigenvalue weighted by atomic mass is 35.5. The first-order valence-electron chi connectivity index (χ1n) is 6.84. The van der Waals surface area contributed by atoms with Gasteiger partial charge in [0.05, 0.1) is 22.0 Å². The third-order valence-electron chi connectivity index (χ3n) is 3.01. The number of halogens is 2. The van der Waals surface area contributed by atoms with E-state index in [0.29, 0.717) is 15.6 Å². The van der Waals surface area contributed by atoms with Crippen LogP contribution >= 0.6 is 35.0 Å².